The van der Waals surface area contributed by atoms with Crippen molar-refractivity contribution in [2.75, 3.05) is 18.8 Å². The molecule has 1 amide bonds. The molecule has 4 rings (SSSR count). The smallest absolute Gasteiger partial charge is 0.253 e. The van der Waals surface area contributed by atoms with Crippen molar-refractivity contribution in [3.63, 3.8) is 0 Å². The van der Waals surface area contributed by atoms with Gasteiger partial charge in [0.05, 0.1) is 5.69 Å². The number of benzene rings is 1. The molecule has 0 spiro atoms. The Morgan fingerprint density at radius 1 is 1.19 bits per heavy atom. The van der Waals surface area contributed by atoms with E-state index < -0.39 is 5.67 Å². The number of piperidine rings is 1. The van der Waals surface area contributed by atoms with Gasteiger partial charge in [0.15, 0.2) is 0 Å². The van der Waals surface area contributed by atoms with E-state index in [0.717, 1.165) is 36.9 Å². The van der Waals surface area contributed by atoms with Crippen LogP contribution in [-0.4, -0.2) is 29.1 Å². The first-order valence-corrected chi connectivity index (χ1v) is 9.67. The molecule has 0 unspecified atom stereocenters. The third-order valence-electron chi connectivity index (χ3n) is 5.70. The summed E-state index contributed by atoms with van der Waals surface area (Å²) in [6.07, 6.45) is 3.82. The number of nitrogen functional groups attached to an aromatic ring is 1. The largest absolute Gasteiger partial charge is 0.368 e. The van der Waals surface area contributed by atoms with Gasteiger partial charge in [-0.25, -0.2) is 4.39 Å². The molecule has 2 fully saturated rings. The molecule has 1 saturated heterocycles. The third-order valence-corrected chi connectivity index (χ3v) is 5.70. The zero-order chi connectivity index (χ0) is 19.2. The van der Waals surface area contributed by atoms with E-state index >= 15 is 0 Å². The Bertz CT molecular complexity index is 843. The van der Waals surface area contributed by atoms with Gasteiger partial charge in [-0.3, -0.25) is 4.79 Å². The summed E-state index contributed by atoms with van der Waals surface area (Å²) in [6, 6.07) is 7.25. The highest BCUT2D eigenvalue weighted by Gasteiger charge is 2.33. The zero-order valence-electron chi connectivity index (χ0n) is 15.9. The molecule has 6 heteroatoms. The standard InChI is InChI=1S/C21H26FN3O2/c1-21(2,22)17-6-5-15(11-16(17)13-3-4-13)20(26)25-9-7-14(8-10-25)18-12-19(23)27-24-18/h5-6,11-14H,3-4,7-10,23H2,1-2H3. The van der Waals surface area contributed by atoms with Gasteiger partial charge in [-0.2, -0.15) is 0 Å². The van der Waals surface area contributed by atoms with Crippen LogP contribution in [0.1, 0.15) is 78.5 Å². The molecule has 5 nitrogen and oxygen atoms in total. The molecule has 1 aromatic carbocycles. The monoisotopic (exact) mass is 371 g/mol. The zero-order valence-corrected chi connectivity index (χ0v) is 15.9. The molecule has 2 N–H and O–H groups in total. The molecule has 1 aliphatic carbocycles. The number of anilines is 1. The number of alkyl halides is 1. The number of amides is 1. The Balaban J connectivity index is 1.48. The second-order valence-corrected chi connectivity index (χ2v) is 8.27. The second kappa shape index (κ2) is 6.66. The van der Waals surface area contributed by atoms with Gasteiger partial charge in [-0.15, -0.1) is 0 Å². The molecule has 0 radical (unpaired) electrons. The number of likely N-dealkylation sites (tertiary alicyclic amines) is 1. The fourth-order valence-electron chi connectivity index (χ4n) is 4.03. The van der Waals surface area contributed by atoms with Crippen LogP contribution < -0.4 is 5.73 Å². The highest BCUT2D eigenvalue weighted by atomic mass is 19.1. The van der Waals surface area contributed by atoms with E-state index in [1.54, 1.807) is 32.0 Å². The number of nitrogens with two attached hydrogens (primary N) is 1. The molecule has 0 atom stereocenters. The normalized spacial score (nSPS) is 18.7. The Morgan fingerprint density at radius 2 is 1.89 bits per heavy atom. The third kappa shape index (κ3) is 3.70. The molecular formula is C21H26FN3O2. The molecule has 2 aromatic rings. The first-order chi connectivity index (χ1) is 12.8. The van der Waals surface area contributed by atoms with Crippen molar-refractivity contribution >= 4 is 11.8 Å². The van der Waals surface area contributed by atoms with E-state index in [0.29, 0.717) is 36.0 Å². The molecule has 27 heavy (non-hydrogen) atoms. The second-order valence-electron chi connectivity index (χ2n) is 8.27. The van der Waals surface area contributed by atoms with Gasteiger partial charge < -0.3 is 15.2 Å². The number of hydrogen-bond acceptors (Lipinski definition) is 4. The highest BCUT2D eigenvalue weighted by molar-refractivity contribution is 5.94. The quantitative estimate of drug-likeness (QED) is 0.867. The van der Waals surface area contributed by atoms with Gasteiger partial charge in [0, 0.05) is 30.6 Å². The lowest BCUT2D eigenvalue weighted by atomic mass is 9.90. The van der Waals surface area contributed by atoms with Gasteiger partial charge in [-0.1, -0.05) is 11.2 Å². The van der Waals surface area contributed by atoms with Gasteiger partial charge >= 0.3 is 0 Å². The number of aromatic nitrogens is 1. The van der Waals surface area contributed by atoms with Gasteiger partial charge in [-0.05, 0) is 68.7 Å². The summed E-state index contributed by atoms with van der Waals surface area (Å²) in [5.74, 6) is 1.02. The molecule has 144 valence electrons. The molecular weight excluding hydrogens is 345 g/mol. The summed E-state index contributed by atoms with van der Waals surface area (Å²) in [6.45, 7) is 4.51. The van der Waals surface area contributed by atoms with Crippen molar-refractivity contribution in [3.05, 3.63) is 46.6 Å². The lowest BCUT2D eigenvalue weighted by Gasteiger charge is -2.31. The van der Waals surface area contributed by atoms with Gasteiger partial charge in [0.25, 0.3) is 5.91 Å². The maximum atomic E-state index is 14.5. The van der Waals surface area contributed by atoms with Crippen LogP contribution in [0.2, 0.25) is 0 Å². The highest BCUT2D eigenvalue weighted by Crippen LogP contribution is 2.45. The van der Waals surface area contributed by atoms with E-state index in [9.17, 15) is 9.18 Å². The Labute approximate surface area is 158 Å². The first kappa shape index (κ1) is 18.0. The Morgan fingerprint density at radius 3 is 2.44 bits per heavy atom. The lowest BCUT2D eigenvalue weighted by Crippen LogP contribution is -2.38. The van der Waals surface area contributed by atoms with Crippen LogP contribution in [0.15, 0.2) is 28.8 Å². The van der Waals surface area contributed by atoms with Crippen LogP contribution in [0, 0.1) is 0 Å². The van der Waals surface area contributed by atoms with Gasteiger partial charge in [0.2, 0.25) is 5.88 Å². The van der Waals surface area contributed by atoms with Crippen LogP contribution in [0.3, 0.4) is 0 Å². The lowest BCUT2D eigenvalue weighted by molar-refractivity contribution is 0.0711. The van der Waals surface area contributed by atoms with E-state index in [-0.39, 0.29) is 11.8 Å². The van der Waals surface area contributed by atoms with Crippen LogP contribution in [0.4, 0.5) is 10.3 Å². The number of carbonyl (C=O) groups is 1. The van der Waals surface area contributed by atoms with Crippen molar-refractivity contribution in [1.29, 1.82) is 0 Å². The van der Waals surface area contributed by atoms with Crippen molar-refractivity contribution in [1.82, 2.24) is 10.1 Å². The van der Waals surface area contributed by atoms with Crippen LogP contribution in [0.25, 0.3) is 0 Å². The molecule has 0 bridgehead atoms. The summed E-state index contributed by atoms with van der Waals surface area (Å²) >= 11 is 0. The van der Waals surface area contributed by atoms with Crippen LogP contribution in [0.5, 0.6) is 0 Å². The fourth-order valence-corrected chi connectivity index (χ4v) is 4.03. The van der Waals surface area contributed by atoms with Crippen molar-refractivity contribution in [2.45, 2.75) is 57.0 Å². The molecule has 1 saturated carbocycles. The first-order valence-electron chi connectivity index (χ1n) is 9.67. The van der Waals surface area contributed by atoms with Crippen molar-refractivity contribution in [2.24, 2.45) is 0 Å². The van der Waals surface area contributed by atoms with E-state index in [4.69, 9.17) is 10.3 Å². The maximum Gasteiger partial charge on any atom is 0.253 e. The fraction of sp³-hybridized carbons (Fsp3) is 0.524. The average Bonchev–Trinajstić information content (AvgIpc) is 3.41. The summed E-state index contributed by atoms with van der Waals surface area (Å²) in [5.41, 5.74) is 7.45. The summed E-state index contributed by atoms with van der Waals surface area (Å²) in [5, 5.41) is 4.00. The van der Waals surface area contributed by atoms with E-state index in [2.05, 4.69) is 5.16 Å². The minimum Gasteiger partial charge on any atom is -0.368 e. The number of nitrogens with zero attached hydrogens (tertiary/aromatic N) is 2. The average molecular weight is 371 g/mol. The van der Waals surface area contributed by atoms with E-state index in [1.807, 2.05) is 11.0 Å². The number of rotatable bonds is 4. The van der Waals surface area contributed by atoms with Crippen molar-refractivity contribution < 1.29 is 13.7 Å². The van der Waals surface area contributed by atoms with Crippen molar-refractivity contribution in [3.8, 4) is 0 Å². The number of carbonyl (C=O) groups excluding carboxylic acids is 1. The van der Waals surface area contributed by atoms with Crippen LogP contribution >= 0.6 is 0 Å². The summed E-state index contributed by atoms with van der Waals surface area (Å²) in [7, 11) is 0. The summed E-state index contributed by atoms with van der Waals surface area (Å²) in [4.78, 5) is 14.9. The molecule has 1 aliphatic heterocycles. The topological polar surface area (TPSA) is 72.4 Å². The van der Waals surface area contributed by atoms with Gasteiger partial charge in [0.1, 0.15) is 5.67 Å². The Hall–Kier alpha value is -2.37. The Kier molecular flexibility index (Phi) is 4.44. The van der Waals surface area contributed by atoms with E-state index in [1.165, 1.54) is 0 Å². The summed E-state index contributed by atoms with van der Waals surface area (Å²) < 4.78 is 19.5. The minimum atomic E-state index is -1.39. The molecule has 1 aromatic heterocycles. The van der Waals surface area contributed by atoms with Crippen LogP contribution in [-0.2, 0) is 5.67 Å². The maximum absolute atomic E-state index is 14.5. The molecule has 2 heterocycles. The minimum absolute atomic E-state index is 0.0261. The molecule has 2 aliphatic rings. The SMILES string of the molecule is CC(C)(F)c1ccc(C(=O)N2CCC(c3cc(N)on3)CC2)cc1C1CC1. The predicted octanol–water partition coefficient (Wildman–Crippen LogP) is 4.36. The predicted molar refractivity (Wildman–Crippen MR) is 101 cm³/mol. The number of hydrogen-bond donors (Lipinski definition) is 1. The number of halogens is 1.